The number of ether oxygens (including phenoxy) is 1. The zero-order valence-corrected chi connectivity index (χ0v) is 20.1. The molecular weight excluding hydrogens is 450 g/mol. The summed E-state index contributed by atoms with van der Waals surface area (Å²) >= 11 is 0. The number of fused-ring (bicyclic) bond motifs is 1. The minimum Gasteiger partial charge on any atom is -0.490 e. The Hall–Kier alpha value is -3.46. The zero-order valence-electron chi connectivity index (χ0n) is 20.1. The molecule has 2 aromatic rings. The van der Waals surface area contributed by atoms with Crippen LogP contribution in [-0.4, -0.2) is 70.7 Å². The zero-order chi connectivity index (χ0) is 25.2. The second-order valence-electron chi connectivity index (χ2n) is 8.80. The lowest BCUT2D eigenvalue weighted by Crippen LogP contribution is -2.37. The number of carboxylic acid groups (broad SMARTS) is 2. The fourth-order valence-electron chi connectivity index (χ4n) is 4.58. The van der Waals surface area contributed by atoms with Crippen molar-refractivity contribution in [1.82, 2.24) is 9.88 Å². The number of hydrogen-bond donors (Lipinski definition) is 2. The first-order chi connectivity index (χ1) is 16.9. The molecule has 4 rings (SSSR count). The van der Waals surface area contributed by atoms with E-state index >= 15 is 0 Å². The highest BCUT2D eigenvalue weighted by Crippen LogP contribution is 2.37. The molecule has 2 heterocycles. The molecule has 9 nitrogen and oxygen atoms in total. The summed E-state index contributed by atoms with van der Waals surface area (Å²) in [4.78, 5) is 39.7. The van der Waals surface area contributed by atoms with Crippen LogP contribution >= 0.6 is 0 Å². The van der Waals surface area contributed by atoms with Crippen molar-refractivity contribution in [3.05, 3.63) is 53.9 Å². The molecule has 188 valence electrons. The molecule has 0 saturated heterocycles. The number of aliphatic carboxylic acids is 2. The molecule has 2 aliphatic rings. The average molecular weight is 484 g/mol. The Balaban J connectivity index is 0.000000509. The van der Waals surface area contributed by atoms with Gasteiger partial charge >= 0.3 is 11.9 Å². The van der Waals surface area contributed by atoms with Crippen molar-refractivity contribution in [3.8, 4) is 5.75 Å². The fraction of sp³-hybridized carbons (Fsp3) is 0.462. The number of aromatic nitrogens is 1. The van der Waals surface area contributed by atoms with Gasteiger partial charge in [-0.3, -0.25) is 9.78 Å². The number of carbonyl (C=O) groups excluding carboxylic acids is 1. The van der Waals surface area contributed by atoms with E-state index < -0.39 is 11.9 Å². The van der Waals surface area contributed by atoms with E-state index in [-0.39, 0.29) is 5.91 Å². The van der Waals surface area contributed by atoms with Crippen molar-refractivity contribution in [2.45, 2.75) is 51.0 Å². The van der Waals surface area contributed by atoms with Crippen LogP contribution in [0.2, 0.25) is 0 Å². The molecule has 1 fully saturated rings. The highest BCUT2D eigenvalue weighted by atomic mass is 16.5. The van der Waals surface area contributed by atoms with E-state index in [2.05, 4.69) is 23.0 Å². The summed E-state index contributed by atoms with van der Waals surface area (Å²) in [5, 5.41) is 14.8. The molecule has 0 unspecified atom stereocenters. The van der Waals surface area contributed by atoms with Crippen LogP contribution in [0.15, 0.2) is 42.7 Å². The minimum atomic E-state index is -1.82. The van der Waals surface area contributed by atoms with Crippen LogP contribution in [0.5, 0.6) is 5.75 Å². The van der Waals surface area contributed by atoms with E-state index in [1.807, 2.05) is 29.2 Å². The van der Waals surface area contributed by atoms with Crippen LogP contribution in [0.1, 0.15) is 54.4 Å². The Morgan fingerprint density at radius 1 is 1.06 bits per heavy atom. The summed E-state index contributed by atoms with van der Waals surface area (Å²) in [6, 6.07) is 10.5. The van der Waals surface area contributed by atoms with Crippen molar-refractivity contribution >= 4 is 23.5 Å². The predicted molar refractivity (Wildman–Crippen MR) is 131 cm³/mol. The van der Waals surface area contributed by atoms with E-state index in [9.17, 15) is 4.79 Å². The number of amides is 1. The summed E-state index contributed by atoms with van der Waals surface area (Å²) < 4.78 is 6.23. The number of carbonyl (C=O) groups is 3. The molecule has 1 aliphatic heterocycles. The molecule has 1 aromatic carbocycles. The van der Waals surface area contributed by atoms with E-state index in [1.165, 1.54) is 37.7 Å². The molecule has 1 amide bonds. The third kappa shape index (κ3) is 7.26. The molecule has 1 aliphatic carbocycles. The molecule has 1 aromatic heterocycles. The molecule has 0 spiro atoms. The van der Waals surface area contributed by atoms with Crippen LogP contribution in [0.25, 0.3) is 0 Å². The lowest BCUT2D eigenvalue weighted by Gasteiger charge is -2.32. The summed E-state index contributed by atoms with van der Waals surface area (Å²) in [5.41, 5.74) is 2.74. The van der Waals surface area contributed by atoms with E-state index in [0.717, 1.165) is 30.8 Å². The molecule has 35 heavy (non-hydrogen) atoms. The summed E-state index contributed by atoms with van der Waals surface area (Å²) in [6.07, 6.45) is 11.9. The summed E-state index contributed by atoms with van der Waals surface area (Å²) in [6.45, 7) is 2.26. The Bertz CT molecular complexity index is 995. The van der Waals surface area contributed by atoms with Crippen molar-refractivity contribution in [2.75, 3.05) is 31.6 Å². The van der Waals surface area contributed by atoms with Gasteiger partial charge in [0.15, 0.2) is 0 Å². The Labute approximate surface area is 205 Å². The van der Waals surface area contributed by atoms with Gasteiger partial charge in [-0.25, -0.2) is 9.59 Å². The number of rotatable bonds is 6. The maximum Gasteiger partial charge on any atom is 0.414 e. The monoisotopic (exact) mass is 483 g/mol. The van der Waals surface area contributed by atoms with Crippen LogP contribution in [0.4, 0.5) is 5.69 Å². The maximum atomic E-state index is 13.1. The Morgan fingerprint density at radius 2 is 1.80 bits per heavy atom. The van der Waals surface area contributed by atoms with Gasteiger partial charge in [-0.1, -0.05) is 31.4 Å². The predicted octanol–water partition coefficient (Wildman–Crippen LogP) is 3.47. The number of benzene rings is 1. The highest BCUT2D eigenvalue weighted by Gasteiger charge is 2.27. The fourth-order valence-corrected chi connectivity index (χ4v) is 4.58. The van der Waals surface area contributed by atoms with Crippen molar-refractivity contribution < 1.29 is 29.3 Å². The molecule has 0 bridgehead atoms. The summed E-state index contributed by atoms with van der Waals surface area (Å²) in [5.74, 6) is -2.84. The van der Waals surface area contributed by atoms with Gasteiger partial charge in [0.05, 0.1) is 11.3 Å². The van der Waals surface area contributed by atoms with Crippen molar-refractivity contribution in [3.63, 3.8) is 0 Å². The SMILES string of the molecule is CN(CCOc1cccc2c1N(C(=O)c1cccnc1)CCC2)C1CCCCC1.O=C(O)C(=O)O. The second-order valence-corrected chi connectivity index (χ2v) is 8.80. The highest BCUT2D eigenvalue weighted by molar-refractivity contribution is 6.27. The van der Waals surface area contributed by atoms with Gasteiger partial charge in [-0.15, -0.1) is 0 Å². The number of carboxylic acids is 2. The van der Waals surface area contributed by atoms with Gasteiger partial charge < -0.3 is 24.7 Å². The van der Waals surface area contributed by atoms with E-state index in [1.54, 1.807) is 12.4 Å². The smallest absolute Gasteiger partial charge is 0.414 e. The molecule has 0 radical (unpaired) electrons. The second kappa shape index (κ2) is 12.9. The lowest BCUT2D eigenvalue weighted by atomic mass is 9.94. The van der Waals surface area contributed by atoms with E-state index in [0.29, 0.717) is 24.8 Å². The van der Waals surface area contributed by atoms with Gasteiger partial charge in [0.2, 0.25) is 0 Å². The first-order valence-corrected chi connectivity index (χ1v) is 12.0. The average Bonchev–Trinajstić information content (AvgIpc) is 2.89. The molecule has 9 heteroatoms. The number of likely N-dealkylation sites (N-methyl/N-ethyl adjacent to an activating group) is 1. The van der Waals surface area contributed by atoms with Gasteiger partial charge in [0.1, 0.15) is 12.4 Å². The largest absolute Gasteiger partial charge is 0.490 e. The van der Waals surface area contributed by atoms with Gasteiger partial charge in [-0.05, 0) is 56.5 Å². The molecular formula is C26H33N3O6. The normalized spacial score (nSPS) is 15.5. The number of hydrogen-bond acceptors (Lipinski definition) is 6. The molecule has 1 saturated carbocycles. The third-order valence-corrected chi connectivity index (χ3v) is 6.42. The van der Waals surface area contributed by atoms with Gasteiger partial charge in [0, 0.05) is 31.5 Å². The topological polar surface area (TPSA) is 120 Å². The lowest BCUT2D eigenvalue weighted by molar-refractivity contribution is -0.159. The first-order valence-electron chi connectivity index (χ1n) is 12.0. The van der Waals surface area contributed by atoms with Crippen LogP contribution in [0.3, 0.4) is 0 Å². The Kier molecular flexibility index (Phi) is 9.60. The standard InChI is InChI=1S/C24H31N3O2.C2H2O4/c1-26(21-11-3-2-4-12-21)16-17-29-22-13-5-8-19-10-7-15-27(23(19)22)24(28)20-9-6-14-25-18-20;3-1(4)2(5)6/h5-6,8-9,13-14,18,21H,2-4,7,10-12,15-17H2,1H3;(H,3,4)(H,5,6). The van der Waals surface area contributed by atoms with Crippen LogP contribution in [0, 0.1) is 0 Å². The maximum absolute atomic E-state index is 13.1. The number of nitrogens with zero attached hydrogens (tertiary/aromatic N) is 3. The third-order valence-electron chi connectivity index (χ3n) is 6.42. The minimum absolute atomic E-state index is 0.00516. The van der Waals surface area contributed by atoms with Gasteiger partial charge in [-0.2, -0.15) is 0 Å². The van der Waals surface area contributed by atoms with Crippen LogP contribution in [-0.2, 0) is 16.0 Å². The first kappa shape index (κ1) is 26.2. The van der Waals surface area contributed by atoms with Gasteiger partial charge in [0.25, 0.3) is 5.91 Å². The number of pyridine rings is 1. The van der Waals surface area contributed by atoms with Crippen molar-refractivity contribution in [1.29, 1.82) is 0 Å². The van der Waals surface area contributed by atoms with Crippen molar-refractivity contribution in [2.24, 2.45) is 0 Å². The molecule has 0 atom stereocenters. The Morgan fingerprint density at radius 3 is 2.46 bits per heavy atom. The summed E-state index contributed by atoms with van der Waals surface area (Å²) in [7, 11) is 2.21. The number of para-hydroxylation sites is 1. The molecule has 2 N–H and O–H groups in total. The number of anilines is 1. The van der Waals surface area contributed by atoms with E-state index in [4.69, 9.17) is 24.5 Å². The number of aryl methyl sites for hydroxylation is 1. The van der Waals surface area contributed by atoms with Crippen LogP contribution < -0.4 is 9.64 Å². The quantitative estimate of drug-likeness (QED) is 0.599.